The number of dihydropyridines is 1. The molecule has 7 heavy (non-hydrogen) atoms. The van der Waals surface area contributed by atoms with Crippen LogP contribution >= 0.6 is 12.6 Å². The van der Waals surface area contributed by atoms with Gasteiger partial charge in [0.05, 0.1) is 0 Å². The molecule has 0 fully saturated rings. The number of nitrogens with one attached hydrogen (secondary N) is 1. The Hall–Kier alpha value is -0.370. The minimum Gasteiger partial charge on any atom is -0.386 e. The lowest BCUT2D eigenvalue weighted by Gasteiger charge is -1.99. The van der Waals surface area contributed by atoms with Gasteiger partial charge in [-0.15, -0.1) is 12.6 Å². The van der Waals surface area contributed by atoms with Crippen LogP contribution in [0.4, 0.5) is 0 Å². The molecule has 0 bridgehead atoms. The fourth-order valence-corrected chi connectivity index (χ4v) is 0.594. The Morgan fingerprint density at radius 2 is 2.71 bits per heavy atom. The Morgan fingerprint density at radius 1 is 1.86 bits per heavy atom. The van der Waals surface area contributed by atoms with Crippen LogP contribution in [-0.4, -0.2) is 6.54 Å². The topological polar surface area (TPSA) is 12.0 Å². The number of hydrogen-bond donors (Lipinski definition) is 2. The van der Waals surface area contributed by atoms with Crippen LogP contribution < -0.4 is 5.32 Å². The average Bonchev–Trinajstić information content (AvgIpc) is 1.69. The summed E-state index contributed by atoms with van der Waals surface area (Å²) < 4.78 is 0. The fourth-order valence-electron chi connectivity index (χ4n) is 0.412. The second-order valence-electron chi connectivity index (χ2n) is 1.29. The van der Waals surface area contributed by atoms with E-state index >= 15 is 0 Å². The fraction of sp³-hybridized carbons (Fsp3) is 0.200. The second kappa shape index (κ2) is 2.07. The van der Waals surface area contributed by atoms with Gasteiger partial charge in [-0.05, 0) is 6.08 Å². The van der Waals surface area contributed by atoms with Crippen molar-refractivity contribution >= 4 is 12.6 Å². The summed E-state index contributed by atoms with van der Waals surface area (Å²) in [5.41, 5.74) is 0. The summed E-state index contributed by atoms with van der Waals surface area (Å²) in [4.78, 5) is 0.867. The van der Waals surface area contributed by atoms with E-state index in [1.165, 1.54) is 0 Å². The molecule has 0 spiro atoms. The predicted octanol–water partition coefficient (Wildman–Crippen LogP) is 0.720. The molecule has 1 radical (unpaired) electrons. The van der Waals surface area contributed by atoms with Crippen molar-refractivity contribution in [1.29, 1.82) is 0 Å². The maximum Gasteiger partial charge on any atom is 0.0335 e. The standard InChI is InChI=1S/C5H6NS/c7-5-2-1-3-6-4-5/h1,4,6-7H,3H2. The summed E-state index contributed by atoms with van der Waals surface area (Å²) >= 11 is 4.02. The molecule has 2 heteroatoms. The summed E-state index contributed by atoms with van der Waals surface area (Å²) in [5, 5.41) is 2.98. The molecule has 1 N–H and O–H groups in total. The molecule has 1 aliphatic heterocycles. The van der Waals surface area contributed by atoms with Crippen molar-refractivity contribution in [1.82, 2.24) is 5.32 Å². The molecule has 0 unspecified atom stereocenters. The van der Waals surface area contributed by atoms with Gasteiger partial charge in [-0.2, -0.15) is 0 Å². The summed E-state index contributed by atoms with van der Waals surface area (Å²) in [6.45, 7) is 0.879. The minimum atomic E-state index is 0.867. The molecule has 1 aliphatic rings. The lowest BCUT2D eigenvalue weighted by molar-refractivity contribution is 0.964. The lowest BCUT2D eigenvalue weighted by atomic mass is 10.4. The maximum atomic E-state index is 4.02. The van der Waals surface area contributed by atoms with E-state index < -0.39 is 0 Å². The van der Waals surface area contributed by atoms with Crippen molar-refractivity contribution in [3.63, 3.8) is 0 Å². The van der Waals surface area contributed by atoms with Gasteiger partial charge in [-0.3, -0.25) is 0 Å². The highest BCUT2D eigenvalue weighted by atomic mass is 32.1. The van der Waals surface area contributed by atoms with E-state index in [1.54, 1.807) is 0 Å². The molecule has 0 aromatic rings. The third-order valence-electron chi connectivity index (χ3n) is 0.709. The van der Waals surface area contributed by atoms with Crippen molar-refractivity contribution in [2.75, 3.05) is 6.54 Å². The molecular weight excluding hydrogens is 106 g/mol. The Morgan fingerprint density at radius 3 is 3.00 bits per heavy atom. The Kier molecular flexibility index (Phi) is 1.42. The molecule has 0 amide bonds. The monoisotopic (exact) mass is 112 g/mol. The van der Waals surface area contributed by atoms with Crippen LogP contribution in [0, 0.1) is 6.08 Å². The van der Waals surface area contributed by atoms with Crippen molar-refractivity contribution < 1.29 is 0 Å². The second-order valence-corrected chi connectivity index (χ2v) is 1.77. The van der Waals surface area contributed by atoms with Gasteiger partial charge in [-0.25, -0.2) is 0 Å². The summed E-state index contributed by atoms with van der Waals surface area (Å²) in [7, 11) is 0. The Labute approximate surface area is 48.5 Å². The molecule has 0 aliphatic carbocycles. The highest BCUT2D eigenvalue weighted by Gasteiger charge is 1.86. The first-order valence-electron chi connectivity index (χ1n) is 2.10. The zero-order valence-corrected chi connectivity index (χ0v) is 4.70. The first-order valence-corrected chi connectivity index (χ1v) is 2.55. The van der Waals surface area contributed by atoms with Gasteiger partial charge < -0.3 is 5.32 Å². The zero-order valence-electron chi connectivity index (χ0n) is 3.81. The molecule has 0 saturated carbocycles. The van der Waals surface area contributed by atoms with Gasteiger partial charge in [0.25, 0.3) is 0 Å². The number of hydrogen-bond acceptors (Lipinski definition) is 2. The SMILES string of the molecule is SC1=CNCC=[C]1. The van der Waals surface area contributed by atoms with Gasteiger partial charge in [-0.1, -0.05) is 6.08 Å². The van der Waals surface area contributed by atoms with E-state index in [0.29, 0.717) is 0 Å². The van der Waals surface area contributed by atoms with Crippen molar-refractivity contribution in [2.24, 2.45) is 0 Å². The molecular formula is C5H6NS. The van der Waals surface area contributed by atoms with Gasteiger partial charge >= 0.3 is 0 Å². The normalized spacial score (nSPS) is 18.1. The van der Waals surface area contributed by atoms with Gasteiger partial charge in [0.1, 0.15) is 0 Å². The van der Waals surface area contributed by atoms with E-state index in [4.69, 9.17) is 0 Å². The summed E-state index contributed by atoms with van der Waals surface area (Å²) in [6.07, 6.45) is 6.65. The van der Waals surface area contributed by atoms with Gasteiger partial charge in [0.2, 0.25) is 0 Å². The van der Waals surface area contributed by atoms with Crippen molar-refractivity contribution in [2.45, 2.75) is 0 Å². The maximum absolute atomic E-state index is 4.02. The molecule has 1 rings (SSSR count). The lowest BCUT2D eigenvalue weighted by Crippen LogP contribution is -2.07. The largest absolute Gasteiger partial charge is 0.386 e. The van der Waals surface area contributed by atoms with E-state index in [9.17, 15) is 0 Å². The van der Waals surface area contributed by atoms with Crippen LogP contribution in [0.25, 0.3) is 0 Å². The minimum absolute atomic E-state index is 0.867. The highest BCUT2D eigenvalue weighted by Crippen LogP contribution is 2.00. The van der Waals surface area contributed by atoms with Gasteiger partial charge in [0, 0.05) is 17.6 Å². The molecule has 0 saturated heterocycles. The number of thiol groups is 1. The van der Waals surface area contributed by atoms with E-state index in [2.05, 4.69) is 24.0 Å². The molecule has 1 heterocycles. The van der Waals surface area contributed by atoms with E-state index in [-0.39, 0.29) is 0 Å². The molecule has 37 valence electrons. The van der Waals surface area contributed by atoms with Crippen LogP contribution in [0.5, 0.6) is 0 Å². The van der Waals surface area contributed by atoms with E-state index in [0.717, 1.165) is 11.4 Å². The Bertz CT molecular complexity index is 115. The highest BCUT2D eigenvalue weighted by molar-refractivity contribution is 7.84. The first kappa shape index (κ1) is 4.78. The summed E-state index contributed by atoms with van der Waals surface area (Å²) in [6, 6.07) is 0. The van der Waals surface area contributed by atoms with Crippen LogP contribution in [0.3, 0.4) is 0 Å². The van der Waals surface area contributed by atoms with Crippen molar-refractivity contribution in [3.05, 3.63) is 23.3 Å². The molecule has 0 aromatic carbocycles. The first-order chi connectivity index (χ1) is 3.39. The van der Waals surface area contributed by atoms with Crippen LogP contribution in [-0.2, 0) is 0 Å². The van der Waals surface area contributed by atoms with Crippen LogP contribution in [0.1, 0.15) is 0 Å². The molecule has 0 atom stereocenters. The summed E-state index contributed by atoms with van der Waals surface area (Å²) in [5.74, 6) is 0. The molecule has 0 aromatic heterocycles. The van der Waals surface area contributed by atoms with Crippen LogP contribution in [0.2, 0.25) is 0 Å². The Balaban J connectivity index is 2.58. The number of rotatable bonds is 0. The smallest absolute Gasteiger partial charge is 0.0335 e. The third-order valence-corrected chi connectivity index (χ3v) is 0.967. The molecule has 1 nitrogen and oxygen atoms in total. The van der Waals surface area contributed by atoms with Crippen molar-refractivity contribution in [3.8, 4) is 0 Å². The number of allylic oxidation sites excluding steroid dienone is 1. The third kappa shape index (κ3) is 1.27. The van der Waals surface area contributed by atoms with Crippen LogP contribution in [0.15, 0.2) is 17.2 Å². The zero-order chi connectivity index (χ0) is 5.11. The van der Waals surface area contributed by atoms with E-state index in [1.807, 2.05) is 12.3 Å². The predicted molar refractivity (Wildman–Crippen MR) is 32.9 cm³/mol. The average molecular weight is 112 g/mol. The van der Waals surface area contributed by atoms with Gasteiger partial charge in [0.15, 0.2) is 0 Å². The quantitative estimate of drug-likeness (QED) is 0.440.